The number of benzene rings is 2. The maximum atomic E-state index is 12.7. The van der Waals surface area contributed by atoms with Crippen molar-refractivity contribution in [2.24, 2.45) is 7.05 Å². The van der Waals surface area contributed by atoms with E-state index in [0.29, 0.717) is 24.6 Å². The van der Waals surface area contributed by atoms with E-state index in [4.69, 9.17) is 14.1 Å². The number of anilines is 1. The predicted octanol–water partition coefficient (Wildman–Crippen LogP) is 4.97. The van der Waals surface area contributed by atoms with E-state index in [1.165, 1.54) is 0 Å². The molecule has 5 rings (SSSR count). The minimum atomic E-state index is -0.0633. The Hall–Kier alpha value is -4.20. The number of aromatic nitrogens is 4. The van der Waals surface area contributed by atoms with E-state index in [2.05, 4.69) is 15.4 Å². The van der Waals surface area contributed by atoms with Gasteiger partial charge >= 0.3 is 0 Å². The first-order valence-corrected chi connectivity index (χ1v) is 11.1. The Bertz CT molecular complexity index is 1480. The summed E-state index contributed by atoms with van der Waals surface area (Å²) in [5.41, 5.74) is 6.90. The number of fused-ring (bicyclic) bond motifs is 2. The van der Waals surface area contributed by atoms with Crippen LogP contribution >= 0.6 is 0 Å². The van der Waals surface area contributed by atoms with Crippen molar-refractivity contribution in [3.8, 4) is 17.3 Å². The molecular weight excluding hydrogens is 430 g/mol. The van der Waals surface area contributed by atoms with E-state index in [0.717, 1.165) is 50.2 Å². The van der Waals surface area contributed by atoms with Crippen LogP contribution in [0.2, 0.25) is 0 Å². The Labute approximate surface area is 196 Å². The number of hydrogen-bond acceptors (Lipinski definition) is 6. The second-order valence-electron chi connectivity index (χ2n) is 8.24. The normalized spacial score (nSPS) is 11.3. The van der Waals surface area contributed by atoms with Gasteiger partial charge in [-0.15, -0.1) is 5.10 Å². The Balaban J connectivity index is 1.28. The van der Waals surface area contributed by atoms with Gasteiger partial charge in [-0.2, -0.15) is 0 Å². The summed E-state index contributed by atoms with van der Waals surface area (Å²) in [6.45, 7) is 3.99. The van der Waals surface area contributed by atoms with Crippen molar-refractivity contribution in [2.75, 3.05) is 12.4 Å². The van der Waals surface area contributed by atoms with Gasteiger partial charge < -0.3 is 14.5 Å². The number of carbonyl (C=O) groups is 1. The van der Waals surface area contributed by atoms with Crippen LogP contribution in [0.3, 0.4) is 0 Å². The van der Waals surface area contributed by atoms with E-state index < -0.39 is 0 Å². The summed E-state index contributed by atoms with van der Waals surface area (Å²) in [6, 6.07) is 15.1. The molecule has 8 nitrogen and oxygen atoms in total. The van der Waals surface area contributed by atoms with Gasteiger partial charge in [0.2, 0.25) is 17.7 Å². The van der Waals surface area contributed by atoms with Gasteiger partial charge in [0.1, 0.15) is 5.52 Å². The van der Waals surface area contributed by atoms with Crippen molar-refractivity contribution < 1.29 is 13.9 Å². The van der Waals surface area contributed by atoms with Crippen molar-refractivity contribution in [1.82, 2.24) is 19.7 Å². The second kappa shape index (κ2) is 8.62. The number of amides is 1. The van der Waals surface area contributed by atoms with Crippen LogP contribution < -0.4 is 10.1 Å². The highest BCUT2D eigenvalue weighted by Crippen LogP contribution is 2.30. The Morgan fingerprint density at radius 1 is 1.09 bits per heavy atom. The number of aryl methyl sites for hydroxylation is 3. The lowest BCUT2D eigenvalue weighted by Crippen LogP contribution is -2.13. The van der Waals surface area contributed by atoms with Crippen LogP contribution in [0.5, 0.6) is 5.88 Å². The molecule has 2 aromatic carbocycles. The highest BCUT2D eigenvalue weighted by molar-refractivity contribution is 5.91. The number of para-hydroxylation sites is 2. The molecule has 1 amide bonds. The van der Waals surface area contributed by atoms with Crippen LogP contribution in [0.25, 0.3) is 33.6 Å². The third-order valence-electron chi connectivity index (χ3n) is 6.03. The first-order chi connectivity index (χ1) is 16.4. The van der Waals surface area contributed by atoms with Gasteiger partial charge in [-0.3, -0.25) is 4.79 Å². The van der Waals surface area contributed by atoms with Gasteiger partial charge in [-0.1, -0.05) is 12.1 Å². The van der Waals surface area contributed by atoms with Crippen LogP contribution in [0.1, 0.15) is 23.2 Å². The molecule has 0 spiro atoms. The molecule has 8 heteroatoms. The molecule has 3 heterocycles. The molecule has 0 saturated carbocycles. The standard InChI is InChI=1S/C26H25N5O3/c1-15-19(16(2)27-24-23(15)26(33-4)30-31(24)3)13-14-22(32)28-18-11-9-17(10-12-18)25-29-20-7-5-6-8-21(20)34-25/h5-12H,13-14H2,1-4H3,(H,28,32). The first-order valence-electron chi connectivity index (χ1n) is 11.1. The fourth-order valence-electron chi connectivity index (χ4n) is 4.26. The number of nitrogens with one attached hydrogen (secondary N) is 1. The highest BCUT2D eigenvalue weighted by Gasteiger charge is 2.18. The van der Waals surface area contributed by atoms with Crippen LogP contribution in [0, 0.1) is 13.8 Å². The van der Waals surface area contributed by atoms with E-state index in [9.17, 15) is 4.79 Å². The lowest BCUT2D eigenvalue weighted by atomic mass is 10.00. The summed E-state index contributed by atoms with van der Waals surface area (Å²) < 4.78 is 13.0. The van der Waals surface area contributed by atoms with E-state index in [1.807, 2.05) is 69.4 Å². The molecule has 34 heavy (non-hydrogen) atoms. The van der Waals surface area contributed by atoms with Gasteiger partial charge in [-0.25, -0.2) is 14.6 Å². The van der Waals surface area contributed by atoms with E-state index in [-0.39, 0.29) is 5.91 Å². The SMILES string of the molecule is COc1nn(C)c2nc(C)c(CCC(=O)Nc3ccc(-c4nc5ccccc5o4)cc3)c(C)c12. The number of methoxy groups -OCH3 is 1. The molecule has 0 saturated heterocycles. The summed E-state index contributed by atoms with van der Waals surface area (Å²) in [5.74, 6) is 1.04. The van der Waals surface area contributed by atoms with Crippen molar-refractivity contribution >= 4 is 33.7 Å². The quantitative estimate of drug-likeness (QED) is 0.388. The average molecular weight is 456 g/mol. The lowest BCUT2D eigenvalue weighted by Gasteiger charge is -2.11. The lowest BCUT2D eigenvalue weighted by molar-refractivity contribution is -0.116. The fourth-order valence-corrected chi connectivity index (χ4v) is 4.26. The van der Waals surface area contributed by atoms with Gasteiger partial charge in [0.25, 0.3) is 0 Å². The second-order valence-corrected chi connectivity index (χ2v) is 8.24. The van der Waals surface area contributed by atoms with Crippen LogP contribution in [-0.2, 0) is 18.3 Å². The molecular formula is C26H25N5O3. The number of rotatable bonds is 6. The zero-order chi connectivity index (χ0) is 23.8. The molecule has 0 unspecified atom stereocenters. The zero-order valence-corrected chi connectivity index (χ0v) is 19.5. The van der Waals surface area contributed by atoms with Crippen molar-refractivity contribution in [3.63, 3.8) is 0 Å². The van der Waals surface area contributed by atoms with Crippen molar-refractivity contribution in [2.45, 2.75) is 26.7 Å². The minimum Gasteiger partial charge on any atom is -0.479 e. The number of hydrogen-bond donors (Lipinski definition) is 1. The van der Waals surface area contributed by atoms with Crippen LogP contribution in [-0.4, -0.2) is 32.8 Å². The zero-order valence-electron chi connectivity index (χ0n) is 19.5. The Kier molecular flexibility index (Phi) is 5.49. The molecule has 0 aliphatic carbocycles. The smallest absolute Gasteiger partial charge is 0.242 e. The molecule has 3 aromatic heterocycles. The summed E-state index contributed by atoms with van der Waals surface area (Å²) >= 11 is 0. The maximum absolute atomic E-state index is 12.7. The maximum Gasteiger partial charge on any atom is 0.242 e. The van der Waals surface area contributed by atoms with Gasteiger partial charge in [-0.05, 0) is 67.8 Å². The van der Waals surface area contributed by atoms with Crippen LogP contribution in [0.15, 0.2) is 52.9 Å². The molecule has 0 atom stereocenters. The van der Waals surface area contributed by atoms with Gasteiger partial charge in [0, 0.05) is 30.4 Å². The number of nitrogens with zero attached hydrogens (tertiary/aromatic N) is 4. The fraction of sp³-hybridized carbons (Fsp3) is 0.231. The summed E-state index contributed by atoms with van der Waals surface area (Å²) in [7, 11) is 3.45. The number of ether oxygens (including phenoxy) is 1. The Morgan fingerprint density at radius 2 is 1.85 bits per heavy atom. The highest BCUT2D eigenvalue weighted by atomic mass is 16.5. The average Bonchev–Trinajstić information content (AvgIpc) is 3.40. The predicted molar refractivity (Wildman–Crippen MR) is 131 cm³/mol. The number of carbonyl (C=O) groups excluding carboxylic acids is 1. The summed E-state index contributed by atoms with van der Waals surface area (Å²) in [5, 5.41) is 8.24. The third-order valence-corrected chi connectivity index (χ3v) is 6.03. The topological polar surface area (TPSA) is 95.1 Å². The first kappa shape index (κ1) is 21.6. The molecule has 0 bridgehead atoms. The number of pyridine rings is 1. The minimum absolute atomic E-state index is 0.0633. The summed E-state index contributed by atoms with van der Waals surface area (Å²) in [4.78, 5) is 21.9. The van der Waals surface area contributed by atoms with Gasteiger partial charge in [0.15, 0.2) is 11.2 Å². The van der Waals surface area contributed by atoms with E-state index in [1.54, 1.807) is 11.8 Å². The molecule has 0 aliphatic rings. The molecule has 1 N–H and O–H groups in total. The van der Waals surface area contributed by atoms with Crippen molar-refractivity contribution in [3.05, 3.63) is 65.4 Å². The molecule has 0 aliphatic heterocycles. The largest absolute Gasteiger partial charge is 0.479 e. The molecule has 0 fully saturated rings. The molecule has 0 radical (unpaired) electrons. The Morgan fingerprint density at radius 3 is 2.59 bits per heavy atom. The van der Waals surface area contributed by atoms with Crippen molar-refractivity contribution in [1.29, 1.82) is 0 Å². The number of oxazole rings is 1. The molecule has 5 aromatic rings. The third kappa shape index (κ3) is 3.87. The van der Waals surface area contributed by atoms with E-state index >= 15 is 0 Å². The summed E-state index contributed by atoms with van der Waals surface area (Å²) in [6.07, 6.45) is 0.913. The monoisotopic (exact) mass is 455 g/mol. The van der Waals surface area contributed by atoms with Crippen LogP contribution in [0.4, 0.5) is 5.69 Å². The van der Waals surface area contributed by atoms with Gasteiger partial charge in [0.05, 0.1) is 12.5 Å². The molecule has 172 valence electrons.